The normalized spacial score (nSPS) is 11.8. The van der Waals surface area contributed by atoms with E-state index in [2.05, 4.69) is 95.6 Å². The molecular formula is C38H23N3O. The SMILES string of the molecule is c1ccc(-c2nc(-c3ccccc3)c3c(n2)oc2ccc(-n4c5ccccc5c5c6ccccc6ccc54)cc23)cc1. The lowest BCUT2D eigenvalue weighted by molar-refractivity contribution is 0.653. The number of fused-ring (bicyclic) bond motifs is 8. The summed E-state index contributed by atoms with van der Waals surface area (Å²) in [5.74, 6) is 0.649. The summed E-state index contributed by atoms with van der Waals surface area (Å²) in [7, 11) is 0. The maximum Gasteiger partial charge on any atom is 0.231 e. The second-order valence-corrected chi connectivity index (χ2v) is 10.6. The smallest absolute Gasteiger partial charge is 0.231 e. The molecular weight excluding hydrogens is 514 g/mol. The highest BCUT2D eigenvalue weighted by molar-refractivity contribution is 6.21. The molecule has 9 aromatic rings. The fourth-order valence-corrected chi connectivity index (χ4v) is 6.34. The van der Waals surface area contributed by atoms with Crippen LogP contribution in [0.25, 0.3) is 83.0 Å². The molecule has 0 unspecified atom stereocenters. The molecule has 0 aliphatic carbocycles. The molecule has 0 N–H and O–H groups in total. The summed E-state index contributed by atoms with van der Waals surface area (Å²) in [6, 6.07) is 48.5. The van der Waals surface area contributed by atoms with E-state index in [1.807, 2.05) is 48.5 Å². The van der Waals surface area contributed by atoms with Gasteiger partial charge in [-0.25, -0.2) is 4.98 Å². The fraction of sp³-hybridized carbons (Fsp3) is 0. The third-order valence-electron chi connectivity index (χ3n) is 8.21. The van der Waals surface area contributed by atoms with Gasteiger partial charge in [-0.1, -0.05) is 109 Å². The Morgan fingerprint density at radius 2 is 1.21 bits per heavy atom. The third kappa shape index (κ3) is 3.36. The molecule has 3 heterocycles. The summed E-state index contributed by atoms with van der Waals surface area (Å²) >= 11 is 0. The molecule has 0 radical (unpaired) electrons. The van der Waals surface area contributed by atoms with Crippen LogP contribution in [0.1, 0.15) is 0 Å². The van der Waals surface area contributed by atoms with Gasteiger partial charge in [0.05, 0.1) is 22.1 Å². The molecule has 0 amide bonds. The molecule has 0 saturated carbocycles. The Kier molecular flexibility index (Phi) is 4.87. The number of furan rings is 1. The van der Waals surface area contributed by atoms with Gasteiger partial charge in [-0.05, 0) is 41.1 Å². The van der Waals surface area contributed by atoms with Gasteiger partial charge in [0.25, 0.3) is 0 Å². The van der Waals surface area contributed by atoms with E-state index in [0.29, 0.717) is 11.5 Å². The number of benzene rings is 6. The molecule has 6 aromatic carbocycles. The van der Waals surface area contributed by atoms with Gasteiger partial charge < -0.3 is 8.98 Å². The molecule has 0 fully saturated rings. The van der Waals surface area contributed by atoms with Crippen LogP contribution < -0.4 is 0 Å². The van der Waals surface area contributed by atoms with Crippen LogP contribution in [0.15, 0.2) is 144 Å². The summed E-state index contributed by atoms with van der Waals surface area (Å²) in [6.45, 7) is 0. The van der Waals surface area contributed by atoms with Crippen molar-refractivity contribution in [2.24, 2.45) is 0 Å². The van der Waals surface area contributed by atoms with Gasteiger partial charge in [-0.15, -0.1) is 0 Å². The molecule has 3 aromatic heterocycles. The first kappa shape index (κ1) is 23.0. The zero-order valence-corrected chi connectivity index (χ0v) is 22.5. The molecule has 4 nitrogen and oxygen atoms in total. The molecule has 196 valence electrons. The summed E-state index contributed by atoms with van der Waals surface area (Å²) in [5, 5.41) is 6.91. The van der Waals surface area contributed by atoms with Gasteiger partial charge in [0.1, 0.15) is 5.58 Å². The molecule has 9 rings (SSSR count). The number of aromatic nitrogens is 3. The van der Waals surface area contributed by atoms with Crippen LogP contribution in [0.3, 0.4) is 0 Å². The van der Waals surface area contributed by atoms with Crippen LogP contribution >= 0.6 is 0 Å². The summed E-state index contributed by atoms with van der Waals surface area (Å²) in [5.41, 5.74) is 7.63. The van der Waals surface area contributed by atoms with Crippen molar-refractivity contribution in [2.45, 2.75) is 0 Å². The second kappa shape index (κ2) is 8.88. The molecule has 0 aliphatic rings. The molecule has 0 saturated heterocycles. The third-order valence-corrected chi connectivity index (χ3v) is 8.21. The van der Waals surface area contributed by atoms with E-state index in [9.17, 15) is 0 Å². The van der Waals surface area contributed by atoms with E-state index in [4.69, 9.17) is 14.4 Å². The van der Waals surface area contributed by atoms with Gasteiger partial charge in [0.15, 0.2) is 5.82 Å². The van der Waals surface area contributed by atoms with Gasteiger partial charge >= 0.3 is 0 Å². The van der Waals surface area contributed by atoms with Gasteiger partial charge in [-0.3, -0.25) is 0 Å². The number of hydrogen-bond donors (Lipinski definition) is 0. The highest BCUT2D eigenvalue weighted by atomic mass is 16.3. The van der Waals surface area contributed by atoms with Crippen molar-refractivity contribution in [3.63, 3.8) is 0 Å². The van der Waals surface area contributed by atoms with Crippen molar-refractivity contribution in [3.05, 3.63) is 140 Å². The minimum Gasteiger partial charge on any atom is -0.438 e. The number of hydrogen-bond acceptors (Lipinski definition) is 3. The van der Waals surface area contributed by atoms with Gasteiger partial charge in [-0.2, -0.15) is 4.98 Å². The van der Waals surface area contributed by atoms with Crippen molar-refractivity contribution in [1.29, 1.82) is 0 Å². The minimum atomic E-state index is 0.586. The summed E-state index contributed by atoms with van der Waals surface area (Å²) in [4.78, 5) is 10.0. The number of nitrogens with zero attached hydrogens (tertiary/aromatic N) is 3. The van der Waals surface area contributed by atoms with Crippen LogP contribution in [-0.4, -0.2) is 14.5 Å². The van der Waals surface area contributed by atoms with Crippen LogP contribution in [-0.2, 0) is 0 Å². The molecule has 4 heteroatoms. The Morgan fingerprint density at radius 1 is 0.500 bits per heavy atom. The Bertz CT molecular complexity index is 2460. The van der Waals surface area contributed by atoms with Gasteiger partial charge in [0, 0.05) is 33.0 Å². The zero-order valence-electron chi connectivity index (χ0n) is 22.5. The lowest BCUT2D eigenvalue weighted by atomic mass is 10.0. The van der Waals surface area contributed by atoms with E-state index >= 15 is 0 Å². The monoisotopic (exact) mass is 537 g/mol. The van der Waals surface area contributed by atoms with E-state index in [1.54, 1.807) is 0 Å². The lowest BCUT2D eigenvalue weighted by Crippen LogP contribution is -1.95. The molecule has 0 aliphatic heterocycles. The first-order valence-electron chi connectivity index (χ1n) is 14.1. The Balaban J connectivity index is 1.36. The predicted molar refractivity (Wildman–Crippen MR) is 172 cm³/mol. The fourth-order valence-electron chi connectivity index (χ4n) is 6.34. The van der Waals surface area contributed by atoms with Crippen molar-refractivity contribution >= 4 is 54.6 Å². The number of para-hydroxylation sites is 1. The average molecular weight is 538 g/mol. The summed E-state index contributed by atoms with van der Waals surface area (Å²) in [6.07, 6.45) is 0. The van der Waals surface area contributed by atoms with E-state index in [0.717, 1.165) is 38.9 Å². The molecule has 0 spiro atoms. The first-order valence-corrected chi connectivity index (χ1v) is 14.1. The average Bonchev–Trinajstić information content (AvgIpc) is 3.60. The van der Waals surface area contributed by atoms with E-state index in [1.165, 1.54) is 32.6 Å². The highest BCUT2D eigenvalue weighted by Gasteiger charge is 2.20. The van der Waals surface area contributed by atoms with Crippen LogP contribution in [0, 0.1) is 0 Å². The Labute approximate surface area is 241 Å². The maximum atomic E-state index is 6.42. The van der Waals surface area contributed by atoms with E-state index < -0.39 is 0 Å². The number of rotatable bonds is 3. The highest BCUT2D eigenvalue weighted by Crippen LogP contribution is 2.40. The zero-order chi connectivity index (χ0) is 27.6. The van der Waals surface area contributed by atoms with Crippen molar-refractivity contribution < 1.29 is 4.42 Å². The molecule has 0 atom stereocenters. The van der Waals surface area contributed by atoms with Crippen molar-refractivity contribution in [1.82, 2.24) is 14.5 Å². The second-order valence-electron chi connectivity index (χ2n) is 10.6. The maximum absolute atomic E-state index is 6.42. The largest absolute Gasteiger partial charge is 0.438 e. The van der Waals surface area contributed by atoms with Gasteiger partial charge in [0.2, 0.25) is 5.71 Å². The topological polar surface area (TPSA) is 43.9 Å². The van der Waals surface area contributed by atoms with Crippen LogP contribution in [0.5, 0.6) is 0 Å². The molecule has 42 heavy (non-hydrogen) atoms. The quantitative estimate of drug-likeness (QED) is 0.225. The first-order chi connectivity index (χ1) is 20.8. The van der Waals surface area contributed by atoms with Crippen LogP contribution in [0.2, 0.25) is 0 Å². The Morgan fingerprint density at radius 3 is 2.05 bits per heavy atom. The standard InChI is InChI=1S/C38H23N3O/c1-3-12-25(13-4-1)36-35-30-23-27(20-22-33(30)42-38(35)40-37(39-36)26-14-5-2-6-15-26)41-31-18-10-9-17-29(31)34-28-16-8-7-11-24(28)19-21-32(34)41/h1-23H. The van der Waals surface area contributed by atoms with Crippen molar-refractivity contribution in [2.75, 3.05) is 0 Å². The minimum absolute atomic E-state index is 0.586. The van der Waals surface area contributed by atoms with Crippen LogP contribution in [0.4, 0.5) is 0 Å². The predicted octanol–water partition coefficient (Wildman–Crippen LogP) is 9.96. The Hall–Kier alpha value is -5.74. The summed E-state index contributed by atoms with van der Waals surface area (Å²) < 4.78 is 8.78. The van der Waals surface area contributed by atoms with Crippen molar-refractivity contribution in [3.8, 4) is 28.3 Å². The lowest BCUT2D eigenvalue weighted by Gasteiger charge is -2.09. The van der Waals surface area contributed by atoms with E-state index in [-0.39, 0.29) is 0 Å². The molecule has 0 bridgehead atoms.